The fourth-order valence-electron chi connectivity index (χ4n) is 1.66. The Morgan fingerprint density at radius 3 is 2.65 bits per heavy atom. The predicted molar refractivity (Wildman–Crippen MR) is 78.5 cm³/mol. The first-order chi connectivity index (χ1) is 9.39. The van der Waals surface area contributed by atoms with Crippen LogP contribution in [0.3, 0.4) is 0 Å². The summed E-state index contributed by atoms with van der Waals surface area (Å²) in [5.74, 6) is 0.503. The molecule has 0 aromatic heterocycles. The minimum absolute atomic E-state index is 0.0201. The molecular formula is C13H20N2O4S. The summed E-state index contributed by atoms with van der Waals surface area (Å²) in [6.45, 7) is 3.44. The number of sulfonamides is 1. The highest BCUT2D eigenvalue weighted by Gasteiger charge is 2.13. The lowest BCUT2D eigenvalue weighted by Gasteiger charge is -2.21. The monoisotopic (exact) mass is 300 g/mol. The van der Waals surface area contributed by atoms with E-state index in [0.717, 1.165) is 0 Å². The second-order valence-electron chi connectivity index (χ2n) is 4.17. The molecular weight excluding hydrogens is 280 g/mol. The van der Waals surface area contributed by atoms with Gasteiger partial charge in [0.25, 0.3) is 0 Å². The third-order valence-electron chi connectivity index (χ3n) is 2.78. The summed E-state index contributed by atoms with van der Waals surface area (Å²) in [7, 11) is -1.70. The molecule has 112 valence electrons. The molecule has 20 heavy (non-hydrogen) atoms. The number of anilines is 1. The fourth-order valence-corrected chi connectivity index (χ4v) is 2.27. The minimum Gasteiger partial charge on any atom is -0.497 e. The Morgan fingerprint density at radius 1 is 1.40 bits per heavy atom. The lowest BCUT2D eigenvalue weighted by atomic mass is 10.2. The van der Waals surface area contributed by atoms with Crippen molar-refractivity contribution in [2.45, 2.75) is 13.8 Å². The summed E-state index contributed by atoms with van der Waals surface area (Å²) >= 11 is 0. The predicted octanol–water partition coefficient (Wildman–Crippen LogP) is 0.987. The molecule has 1 amide bonds. The van der Waals surface area contributed by atoms with Gasteiger partial charge in [-0.3, -0.25) is 4.79 Å². The number of hydrogen-bond acceptors (Lipinski definition) is 4. The zero-order valence-electron chi connectivity index (χ0n) is 11.9. The van der Waals surface area contributed by atoms with Gasteiger partial charge in [-0.1, -0.05) is 6.07 Å². The molecule has 1 rings (SSSR count). The van der Waals surface area contributed by atoms with E-state index in [1.807, 2.05) is 0 Å². The molecule has 1 aromatic rings. The smallest absolute Gasteiger partial charge is 0.223 e. The van der Waals surface area contributed by atoms with Crippen LogP contribution in [0.25, 0.3) is 0 Å². The number of rotatable bonds is 7. The number of carbonyl (C=O) groups excluding carboxylic acids is 1. The highest BCUT2D eigenvalue weighted by atomic mass is 32.2. The summed E-state index contributed by atoms with van der Waals surface area (Å²) in [5.41, 5.74) is 0.674. The van der Waals surface area contributed by atoms with Gasteiger partial charge >= 0.3 is 0 Å². The molecule has 1 N–H and O–H groups in total. The highest BCUT2D eigenvalue weighted by Crippen LogP contribution is 2.20. The van der Waals surface area contributed by atoms with E-state index in [2.05, 4.69) is 4.72 Å². The Labute approximate surface area is 119 Å². The second kappa shape index (κ2) is 7.25. The van der Waals surface area contributed by atoms with Crippen LogP contribution in [0.15, 0.2) is 24.3 Å². The number of methoxy groups -OCH3 is 1. The van der Waals surface area contributed by atoms with Gasteiger partial charge in [-0.05, 0) is 19.1 Å². The topological polar surface area (TPSA) is 75.7 Å². The Balaban J connectivity index is 2.77. The molecule has 0 unspecified atom stereocenters. The van der Waals surface area contributed by atoms with Crippen LogP contribution in [0.1, 0.15) is 13.8 Å². The molecule has 0 aliphatic rings. The third-order valence-corrected chi connectivity index (χ3v) is 4.19. The highest BCUT2D eigenvalue weighted by molar-refractivity contribution is 7.89. The second-order valence-corrected chi connectivity index (χ2v) is 6.27. The van der Waals surface area contributed by atoms with Gasteiger partial charge in [-0.15, -0.1) is 0 Å². The molecule has 0 spiro atoms. The molecule has 0 atom stereocenters. The molecule has 6 nitrogen and oxygen atoms in total. The first kappa shape index (κ1) is 16.5. The zero-order valence-corrected chi connectivity index (χ0v) is 12.7. The van der Waals surface area contributed by atoms with Crippen LogP contribution < -0.4 is 14.4 Å². The molecule has 0 heterocycles. The summed E-state index contributed by atoms with van der Waals surface area (Å²) in [4.78, 5) is 13.2. The maximum absolute atomic E-state index is 11.7. The average Bonchev–Trinajstić information content (AvgIpc) is 2.43. The van der Waals surface area contributed by atoms with Crippen molar-refractivity contribution in [1.82, 2.24) is 4.72 Å². The summed E-state index contributed by atoms with van der Waals surface area (Å²) < 4.78 is 30.3. The molecule has 0 radical (unpaired) electrons. The van der Waals surface area contributed by atoms with Gasteiger partial charge in [0, 0.05) is 31.8 Å². The molecule has 0 saturated carbocycles. The largest absolute Gasteiger partial charge is 0.497 e. The molecule has 1 aromatic carbocycles. The van der Waals surface area contributed by atoms with Crippen molar-refractivity contribution in [2.75, 3.05) is 30.9 Å². The minimum atomic E-state index is -3.25. The Morgan fingerprint density at radius 2 is 2.10 bits per heavy atom. The Kier molecular flexibility index (Phi) is 5.97. The number of benzene rings is 1. The van der Waals surface area contributed by atoms with Gasteiger partial charge in [-0.25, -0.2) is 13.1 Å². The third kappa shape index (κ3) is 4.82. The average molecular weight is 300 g/mol. The van der Waals surface area contributed by atoms with Gasteiger partial charge in [0.1, 0.15) is 5.75 Å². The van der Waals surface area contributed by atoms with Crippen molar-refractivity contribution in [3.8, 4) is 5.75 Å². The molecule has 7 heteroatoms. The van der Waals surface area contributed by atoms with E-state index in [1.54, 1.807) is 38.3 Å². The van der Waals surface area contributed by atoms with Crippen LogP contribution in [0, 0.1) is 0 Å². The summed E-state index contributed by atoms with van der Waals surface area (Å²) in [6.07, 6.45) is 0. The van der Waals surface area contributed by atoms with Crippen LogP contribution in [-0.4, -0.2) is 40.3 Å². The van der Waals surface area contributed by atoms with Crippen molar-refractivity contribution in [1.29, 1.82) is 0 Å². The van der Waals surface area contributed by atoms with Gasteiger partial charge < -0.3 is 9.64 Å². The molecule has 0 fully saturated rings. The van der Waals surface area contributed by atoms with Crippen LogP contribution in [0.4, 0.5) is 5.69 Å². The van der Waals surface area contributed by atoms with Crippen molar-refractivity contribution >= 4 is 21.6 Å². The van der Waals surface area contributed by atoms with E-state index in [-0.39, 0.29) is 24.7 Å². The number of nitrogens with one attached hydrogen (secondary N) is 1. The molecule has 0 saturated heterocycles. The van der Waals surface area contributed by atoms with Crippen molar-refractivity contribution in [3.63, 3.8) is 0 Å². The molecule has 0 bridgehead atoms. The number of amides is 1. The van der Waals surface area contributed by atoms with Gasteiger partial charge in [-0.2, -0.15) is 0 Å². The van der Waals surface area contributed by atoms with E-state index in [4.69, 9.17) is 4.74 Å². The van der Waals surface area contributed by atoms with Crippen molar-refractivity contribution < 1.29 is 17.9 Å². The quantitative estimate of drug-likeness (QED) is 0.814. The van der Waals surface area contributed by atoms with Gasteiger partial charge in [0.05, 0.1) is 12.9 Å². The lowest BCUT2D eigenvalue weighted by Crippen LogP contribution is -2.38. The van der Waals surface area contributed by atoms with Crippen molar-refractivity contribution in [3.05, 3.63) is 24.3 Å². The lowest BCUT2D eigenvalue weighted by molar-refractivity contribution is -0.116. The number of carbonyl (C=O) groups is 1. The fraction of sp³-hybridized carbons (Fsp3) is 0.462. The van der Waals surface area contributed by atoms with Gasteiger partial charge in [0.15, 0.2) is 0 Å². The SMILES string of the molecule is CCS(=O)(=O)NCCN(C(C)=O)c1cccc(OC)c1. The van der Waals surface area contributed by atoms with Crippen LogP contribution in [0.5, 0.6) is 5.75 Å². The van der Waals surface area contributed by atoms with Crippen LogP contribution in [0.2, 0.25) is 0 Å². The van der Waals surface area contributed by atoms with Crippen LogP contribution in [-0.2, 0) is 14.8 Å². The van der Waals surface area contributed by atoms with E-state index in [1.165, 1.54) is 11.8 Å². The summed E-state index contributed by atoms with van der Waals surface area (Å²) in [6, 6.07) is 7.07. The first-order valence-electron chi connectivity index (χ1n) is 6.29. The molecule has 0 aliphatic heterocycles. The molecule has 0 aliphatic carbocycles. The van der Waals surface area contributed by atoms with E-state index in [9.17, 15) is 13.2 Å². The van der Waals surface area contributed by atoms with Crippen LogP contribution >= 0.6 is 0 Å². The number of ether oxygens (including phenoxy) is 1. The maximum Gasteiger partial charge on any atom is 0.223 e. The van der Waals surface area contributed by atoms with E-state index >= 15 is 0 Å². The normalized spacial score (nSPS) is 11.2. The van der Waals surface area contributed by atoms with Crippen molar-refractivity contribution in [2.24, 2.45) is 0 Å². The first-order valence-corrected chi connectivity index (χ1v) is 7.94. The van der Waals surface area contributed by atoms with E-state index < -0.39 is 10.0 Å². The standard InChI is InChI=1S/C13H20N2O4S/c1-4-20(17,18)14-8-9-15(11(2)16)12-6-5-7-13(10-12)19-3/h5-7,10,14H,4,8-9H2,1-3H3. The maximum atomic E-state index is 11.7. The van der Waals surface area contributed by atoms with Gasteiger partial charge in [0.2, 0.25) is 15.9 Å². The number of nitrogens with zero attached hydrogens (tertiary/aromatic N) is 1. The van der Waals surface area contributed by atoms with E-state index in [0.29, 0.717) is 11.4 Å². The Bertz CT molecular complexity index is 557. The Hall–Kier alpha value is -1.60. The summed E-state index contributed by atoms with van der Waals surface area (Å²) in [5, 5.41) is 0. The number of hydrogen-bond donors (Lipinski definition) is 1. The zero-order chi connectivity index (χ0) is 15.2.